The zero-order valence-corrected chi connectivity index (χ0v) is 11.3. The second kappa shape index (κ2) is 6.21. The molecule has 1 aromatic carbocycles. The Morgan fingerprint density at radius 1 is 1.56 bits per heavy atom. The van der Waals surface area contributed by atoms with Gasteiger partial charge in [0.25, 0.3) is 0 Å². The number of hydrogen-bond donors (Lipinski definition) is 0. The van der Waals surface area contributed by atoms with Gasteiger partial charge in [0.05, 0.1) is 25.0 Å². The first-order valence-corrected chi connectivity index (χ1v) is 6.73. The Morgan fingerprint density at radius 3 is 3.11 bits per heavy atom. The number of amides is 1. The molecule has 3 nitrogen and oxygen atoms in total. The average molecular weight is 268 g/mol. The number of aryl methyl sites for hydroxylation is 1. The van der Waals surface area contributed by atoms with Crippen molar-refractivity contribution in [2.24, 2.45) is 0 Å². The molecule has 0 aliphatic carbocycles. The molecule has 1 aromatic rings. The zero-order chi connectivity index (χ0) is 13.0. The Hall–Kier alpha value is -1.06. The van der Waals surface area contributed by atoms with Gasteiger partial charge in [-0.1, -0.05) is 29.8 Å². The minimum atomic E-state index is -0.0260. The normalized spacial score (nSPS) is 19.9. The van der Waals surface area contributed by atoms with Crippen molar-refractivity contribution in [3.63, 3.8) is 0 Å². The number of rotatable bonds is 3. The van der Waals surface area contributed by atoms with Gasteiger partial charge in [0, 0.05) is 13.1 Å². The van der Waals surface area contributed by atoms with E-state index in [-0.39, 0.29) is 12.0 Å². The summed E-state index contributed by atoms with van der Waals surface area (Å²) in [5, 5.41) is 0. The number of ether oxygens (including phenoxy) is 1. The molecule has 1 amide bonds. The van der Waals surface area contributed by atoms with E-state index in [1.165, 1.54) is 5.56 Å². The maximum atomic E-state index is 12.2. The molecule has 0 N–H and O–H groups in total. The molecule has 1 atom stereocenters. The van der Waals surface area contributed by atoms with Crippen molar-refractivity contribution in [2.45, 2.75) is 19.4 Å². The highest BCUT2D eigenvalue weighted by Crippen LogP contribution is 2.11. The van der Waals surface area contributed by atoms with Crippen LogP contribution in [0.2, 0.25) is 0 Å². The Bertz CT molecular complexity index is 422. The quantitative estimate of drug-likeness (QED) is 0.784. The van der Waals surface area contributed by atoms with Crippen LogP contribution in [0, 0.1) is 6.92 Å². The number of nitrogens with zero attached hydrogens (tertiary/aromatic N) is 1. The van der Waals surface area contributed by atoms with Gasteiger partial charge in [0.15, 0.2) is 0 Å². The smallest absolute Gasteiger partial charge is 0.227 e. The molecule has 1 heterocycles. The van der Waals surface area contributed by atoms with Crippen LogP contribution in [0.15, 0.2) is 24.3 Å². The third kappa shape index (κ3) is 3.47. The summed E-state index contributed by atoms with van der Waals surface area (Å²) in [5.41, 5.74) is 2.25. The molecule has 0 saturated carbocycles. The van der Waals surface area contributed by atoms with Crippen LogP contribution >= 0.6 is 11.6 Å². The Labute approximate surface area is 113 Å². The van der Waals surface area contributed by atoms with Crippen LogP contribution in [0.25, 0.3) is 0 Å². The van der Waals surface area contributed by atoms with Crippen LogP contribution in [-0.4, -0.2) is 42.5 Å². The van der Waals surface area contributed by atoms with Gasteiger partial charge in [-0.15, -0.1) is 11.6 Å². The summed E-state index contributed by atoms with van der Waals surface area (Å²) in [6, 6.07) is 8.06. The van der Waals surface area contributed by atoms with E-state index in [1.54, 1.807) is 0 Å². The molecule has 1 saturated heterocycles. The standard InChI is InChI=1S/C14H18ClNO2/c1-11-3-2-4-12(7-11)8-14(17)16-5-6-18-13(9-15)10-16/h2-4,7,13H,5-6,8-10H2,1H3. The van der Waals surface area contributed by atoms with Gasteiger partial charge in [-0.25, -0.2) is 0 Å². The maximum Gasteiger partial charge on any atom is 0.227 e. The van der Waals surface area contributed by atoms with E-state index in [4.69, 9.17) is 16.3 Å². The van der Waals surface area contributed by atoms with E-state index in [2.05, 4.69) is 6.07 Å². The van der Waals surface area contributed by atoms with Crippen molar-refractivity contribution in [3.8, 4) is 0 Å². The number of carbonyl (C=O) groups is 1. The summed E-state index contributed by atoms with van der Waals surface area (Å²) in [6.45, 7) is 3.88. The SMILES string of the molecule is Cc1cccc(CC(=O)N2CCOC(CCl)C2)c1. The van der Waals surface area contributed by atoms with Gasteiger partial charge in [0.2, 0.25) is 5.91 Å². The fraction of sp³-hybridized carbons (Fsp3) is 0.500. The van der Waals surface area contributed by atoms with E-state index < -0.39 is 0 Å². The van der Waals surface area contributed by atoms with E-state index >= 15 is 0 Å². The summed E-state index contributed by atoms with van der Waals surface area (Å²) in [6.07, 6.45) is 0.429. The molecule has 0 bridgehead atoms. The third-order valence-corrected chi connectivity index (χ3v) is 3.45. The minimum absolute atomic E-state index is 0.0260. The van der Waals surface area contributed by atoms with Gasteiger partial charge in [-0.2, -0.15) is 0 Å². The predicted molar refractivity (Wildman–Crippen MR) is 71.9 cm³/mol. The van der Waals surface area contributed by atoms with Crippen molar-refractivity contribution in [1.82, 2.24) is 4.90 Å². The molecular formula is C14H18ClNO2. The molecule has 0 radical (unpaired) electrons. The van der Waals surface area contributed by atoms with Gasteiger partial charge < -0.3 is 9.64 Å². The third-order valence-electron chi connectivity index (χ3n) is 3.10. The highest BCUT2D eigenvalue weighted by atomic mass is 35.5. The van der Waals surface area contributed by atoms with Crippen molar-refractivity contribution in [3.05, 3.63) is 35.4 Å². The molecule has 1 aliphatic heterocycles. The van der Waals surface area contributed by atoms with E-state index in [0.717, 1.165) is 5.56 Å². The molecule has 1 unspecified atom stereocenters. The molecular weight excluding hydrogens is 250 g/mol. The molecule has 98 valence electrons. The number of morpholine rings is 1. The lowest BCUT2D eigenvalue weighted by Gasteiger charge is -2.32. The van der Waals surface area contributed by atoms with Crippen LogP contribution in [0.3, 0.4) is 0 Å². The van der Waals surface area contributed by atoms with Gasteiger partial charge in [-0.05, 0) is 12.5 Å². The summed E-state index contributed by atoms with van der Waals surface area (Å²) in [5.74, 6) is 0.591. The highest BCUT2D eigenvalue weighted by molar-refractivity contribution is 6.18. The molecule has 18 heavy (non-hydrogen) atoms. The predicted octanol–water partition coefficient (Wildman–Crippen LogP) is 2.00. The van der Waals surface area contributed by atoms with Crippen LogP contribution in [0.4, 0.5) is 0 Å². The van der Waals surface area contributed by atoms with E-state index in [0.29, 0.717) is 32.0 Å². The van der Waals surface area contributed by atoms with E-state index in [9.17, 15) is 4.79 Å². The summed E-state index contributed by atoms with van der Waals surface area (Å²) >= 11 is 5.77. The molecule has 1 fully saturated rings. The first-order chi connectivity index (χ1) is 8.69. The van der Waals surface area contributed by atoms with Crippen LogP contribution in [-0.2, 0) is 16.0 Å². The lowest BCUT2D eigenvalue weighted by Crippen LogP contribution is -2.46. The molecule has 1 aliphatic rings. The second-order valence-corrected chi connectivity index (χ2v) is 4.96. The first-order valence-electron chi connectivity index (χ1n) is 6.20. The van der Waals surface area contributed by atoms with Crippen LogP contribution in [0.5, 0.6) is 0 Å². The highest BCUT2D eigenvalue weighted by Gasteiger charge is 2.23. The second-order valence-electron chi connectivity index (χ2n) is 4.65. The first kappa shape index (κ1) is 13.4. The fourth-order valence-corrected chi connectivity index (χ4v) is 2.33. The molecule has 0 spiro atoms. The summed E-state index contributed by atoms with van der Waals surface area (Å²) < 4.78 is 5.45. The lowest BCUT2D eigenvalue weighted by molar-refractivity contribution is -0.137. The molecule has 0 aromatic heterocycles. The number of alkyl halides is 1. The average Bonchev–Trinajstić information content (AvgIpc) is 2.39. The van der Waals surface area contributed by atoms with Crippen LogP contribution in [0.1, 0.15) is 11.1 Å². The lowest BCUT2D eigenvalue weighted by atomic mass is 10.1. The van der Waals surface area contributed by atoms with Crippen molar-refractivity contribution >= 4 is 17.5 Å². The zero-order valence-electron chi connectivity index (χ0n) is 10.6. The van der Waals surface area contributed by atoms with Crippen molar-refractivity contribution in [2.75, 3.05) is 25.6 Å². The fourth-order valence-electron chi connectivity index (χ4n) is 2.15. The van der Waals surface area contributed by atoms with Gasteiger partial charge >= 0.3 is 0 Å². The molecule has 2 rings (SSSR count). The van der Waals surface area contributed by atoms with Crippen molar-refractivity contribution < 1.29 is 9.53 Å². The number of halogens is 1. The Kier molecular flexibility index (Phi) is 4.61. The number of benzene rings is 1. The number of hydrogen-bond acceptors (Lipinski definition) is 2. The monoisotopic (exact) mass is 267 g/mol. The molecule has 4 heteroatoms. The summed E-state index contributed by atoms with van der Waals surface area (Å²) in [4.78, 5) is 14.0. The van der Waals surface area contributed by atoms with Gasteiger partial charge in [0.1, 0.15) is 0 Å². The largest absolute Gasteiger partial charge is 0.373 e. The Balaban J connectivity index is 1.95. The van der Waals surface area contributed by atoms with E-state index in [1.807, 2.05) is 30.0 Å². The topological polar surface area (TPSA) is 29.5 Å². The van der Waals surface area contributed by atoms with Crippen molar-refractivity contribution in [1.29, 1.82) is 0 Å². The Morgan fingerprint density at radius 2 is 2.39 bits per heavy atom. The van der Waals surface area contributed by atoms with Crippen LogP contribution < -0.4 is 0 Å². The number of carbonyl (C=O) groups excluding carboxylic acids is 1. The van der Waals surface area contributed by atoms with Gasteiger partial charge in [-0.3, -0.25) is 4.79 Å². The maximum absolute atomic E-state index is 12.2. The summed E-state index contributed by atoms with van der Waals surface area (Å²) in [7, 11) is 0. The minimum Gasteiger partial charge on any atom is -0.373 e.